The zero-order valence-corrected chi connectivity index (χ0v) is 20.6. The number of hydrogen-bond donors (Lipinski definition) is 1. The van der Waals surface area contributed by atoms with E-state index in [1.807, 2.05) is 45.0 Å². The molecule has 182 valence electrons. The molecule has 1 saturated heterocycles. The predicted octanol–water partition coefficient (Wildman–Crippen LogP) is 5.79. The predicted molar refractivity (Wildman–Crippen MR) is 133 cm³/mol. The number of aliphatic hydroxyl groups excluding tert-OH is 1. The second kappa shape index (κ2) is 11.7. The monoisotopic (exact) mass is 465 g/mol. The number of hydrogen-bond acceptors (Lipinski definition) is 5. The Morgan fingerprint density at radius 3 is 2.32 bits per heavy atom. The van der Waals surface area contributed by atoms with Gasteiger partial charge in [-0.05, 0) is 68.1 Å². The van der Waals surface area contributed by atoms with E-state index in [4.69, 9.17) is 9.47 Å². The number of carbonyl (C=O) groups excluding carboxylic acids is 2. The van der Waals surface area contributed by atoms with Gasteiger partial charge >= 0.3 is 0 Å². The highest BCUT2D eigenvalue weighted by atomic mass is 16.5. The van der Waals surface area contributed by atoms with Crippen LogP contribution < -0.4 is 9.47 Å². The Bertz CT molecular complexity index is 1040. The number of carbonyl (C=O) groups is 2. The zero-order valence-electron chi connectivity index (χ0n) is 20.6. The summed E-state index contributed by atoms with van der Waals surface area (Å²) < 4.78 is 11.4. The second-order valence-corrected chi connectivity index (χ2v) is 8.53. The van der Waals surface area contributed by atoms with Crippen LogP contribution in [0, 0.1) is 6.92 Å². The van der Waals surface area contributed by atoms with E-state index >= 15 is 0 Å². The summed E-state index contributed by atoms with van der Waals surface area (Å²) in [6.07, 6.45) is 3.95. The van der Waals surface area contributed by atoms with Gasteiger partial charge in [-0.3, -0.25) is 9.59 Å². The molecular formula is C28H35NO5. The molecule has 1 aliphatic heterocycles. The lowest BCUT2D eigenvalue weighted by Crippen LogP contribution is -2.30. The van der Waals surface area contributed by atoms with Crippen molar-refractivity contribution in [3.63, 3.8) is 0 Å². The Morgan fingerprint density at radius 1 is 0.971 bits per heavy atom. The third kappa shape index (κ3) is 5.44. The van der Waals surface area contributed by atoms with E-state index in [0.717, 1.165) is 41.9 Å². The molecule has 6 heteroatoms. The van der Waals surface area contributed by atoms with Crippen LogP contribution in [0.2, 0.25) is 0 Å². The van der Waals surface area contributed by atoms with Crippen LogP contribution in [-0.4, -0.2) is 41.5 Å². The number of Topliss-reactive ketones (excluding diaryl/α,β-unsaturated/α-hetero) is 1. The average Bonchev–Trinajstić information content (AvgIpc) is 3.08. The summed E-state index contributed by atoms with van der Waals surface area (Å²) in [7, 11) is 0. The van der Waals surface area contributed by atoms with Gasteiger partial charge in [0.2, 0.25) is 0 Å². The molecule has 2 aromatic rings. The molecule has 1 unspecified atom stereocenters. The number of likely N-dealkylation sites (tertiary alicyclic amines) is 1. The van der Waals surface area contributed by atoms with E-state index < -0.39 is 17.7 Å². The summed E-state index contributed by atoms with van der Waals surface area (Å²) >= 11 is 0. The fourth-order valence-electron chi connectivity index (χ4n) is 4.26. The lowest BCUT2D eigenvalue weighted by molar-refractivity contribution is -0.139. The fourth-order valence-corrected chi connectivity index (χ4v) is 4.26. The van der Waals surface area contributed by atoms with Crippen molar-refractivity contribution >= 4 is 17.4 Å². The SMILES string of the molecule is CCCCCOc1ccc(C2/C(=C(/O)c3ccc(OCC)c(C)c3)C(=O)C(=O)N2CCC)cc1. The number of nitrogens with zero attached hydrogens (tertiary/aromatic N) is 1. The molecule has 1 fully saturated rings. The van der Waals surface area contributed by atoms with Crippen molar-refractivity contribution in [2.75, 3.05) is 19.8 Å². The quantitative estimate of drug-likeness (QED) is 0.197. The fraction of sp³-hybridized carbons (Fsp3) is 0.429. The lowest BCUT2D eigenvalue weighted by Gasteiger charge is -2.25. The first-order chi connectivity index (χ1) is 16.4. The molecule has 6 nitrogen and oxygen atoms in total. The standard InChI is InChI=1S/C28H35NO5/c1-5-8-9-17-34-22-13-10-20(11-14-22)25-24(27(31)28(32)29(25)16-6-2)26(30)21-12-15-23(33-7-3)19(4)18-21/h10-15,18,25,30H,5-9,16-17H2,1-4H3/b26-24-. The van der Waals surface area contributed by atoms with Crippen LogP contribution in [0.15, 0.2) is 48.0 Å². The van der Waals surface area contributed by atoms with Gasteiger partial charge in [0.05, 0.1) is 24.8 Å². The van der Waals surface area contributed by atoms with E-state index in [0.29, 0.717) is 31.7 Å². The van der Waals surface area contributed by atoms with Crippen molar-refractivity contribution in [1.29, 1.82) is 0 Å². The maximum absolute atomic E-state index is 13.1. The lowest BCUT2D eigenvalue weighted by atomic mass is 9.94. The van der Waals surface area contributed by atoms with Crippen LogP contribution in [0.25, 0.3) is 5.76 Å². The van der Waals surface area contributed by atoms with Crippen LogP contribution in [0.3, 0.4) is 0 Å². The molecule has 3 rings (SSSR count). The summed E-state index contributed by atoms with van der Waals surface area (Å²) in [5.74, 6) is 0.0392. The average molecular weight is 466 g/mol. The van der Waals surface area contributed by atoms with Crippen LogP contribution in [0.1, 0.15) is 69.2 Å². The normalized spacial score (nSPS) is 17.3. The minimum atomic E-state index is -0.664. The Balaban J connectivity index is 1.98. The Kier molecular flexibility index (Phi) is 8.74. The van der Waals surface area contributed by atoms with Gasteiger partial charge in [0.1, 0.15) is 17.3 Å². The van der Waals surface area contributed by atoms with Gasteiger partial charge in [-0.15, -0.1) is 0 Å². The number of aryl methyl sites for hydroxylation is 1. The third-order valence-corrected chi connectivity index (χ3v) is 5.97. The van der Waals surface area contributed by atoms with Crippen molar-refractivity contribution in [1.82, 2.24) is 4.90 Å². The molecule has 1 aliphatic rings. The second-order valence-electron chi connectivity index (χ2n) is 8.53. The van der Waals surface area contributed by atoms with E-state index in [-0.39, 0.29) is 11.3 Å². The largest absolute Gasteiger partial charge is 0.507 e. The van der Waals surface area contributed by atoms with E-state index in [9.17, 15) is 14.7 Å². The molecule has 1 amide bonds. The molecule has 1 heterocycles. The van der Waals surface area contributed by atoms with E-state index in [1.54, 1.807) is 23.1 Å². The highest BCUT2D eigenvalue weighted by Crippen LogP contribution is 2.40. The summed E-state index contributed by atoms with van der Waals surface area (Å²) in [5.41, 5.74) is 2.20. The first-order valence-electron chi connectivity index (χ1n) is 12.2. The highest BCUT2D eigenvalue weighted by molar-refractivity contribution is 6.46. The molecule has 2 aromatic carbocycles. The Hall–Kier alpha value is -3.28. The molecule has 1 N–H and O–H groups in total. The number of ketones is 1. The van der Waals surface area contributed by atoms with Gasteiger partial charge in [0, 0.05) is 12.1 Å². The van der Waals surface area contributed by atoms with Crippen LogP contribution >= 0.6 is 0 Å². The molecule has 1 atom stereocenters. The van der Waals surface area contributed by atoms with Crippen molar-refractivity contribution in [3.05, 3.63) is 64.7 Å². The number of benzene rings is 2. The molecule has 0 spiro atoms. The van der Waals surface area contributed by atoms with Gasteiger partial charge in [0.15, 0.2) is 0 Å². The number of aliphatic hydroxyl groups is 1. The maximum atomic E-state index is 13.1. The molecular weight excluding hydrogens is 430 g/mol. The van der Waals surface area contributed by atoms with E-state index in [2.05, 4.69) is 6.92 Å². The van der Waals surface area contributed by atoms with Crippen molar-refractivity contribution in [3.8, 4) is 11.5 Å². The molecule has 34 heavy (non-hydrogen) atoms. The number of unbranched alkanes of at least 4 members (excludes halogenated alkanes) is 2. The number of rotatable bonds is 11. The van der Waals surface area contributed by atoms with Crippen LogP contribution in [0.5, 0.6) is 11.5 Å². The van der Waals surface area contributed by atoms with Gasteiger partial charge in [-0.2, -0.15) is 0 Å². The molecule has 0 aliphatic carbocycles. The van der Waals surface area contributed by atoms with Crippen molar-refractivity contribution < 1.29 is 24.2 Å². The first kappa shape index (κ1) is 25.3. The van der Waals surface area contributed by atoms with Gasteiger partial charge in [0.25, 0.3) is 11.7 Å². The summed E-state index contributed by atoms with van der Waals surface area (Å²) in [6, 6.07) is 12.1. The van der Waals surface area contributed by atoms with E-state index in [1.165, 1.54) is 0 Å². The van der Waals surface area contributed by atoms with Gasteiger partial charge in [-0.1, -0.05) is 38.8 Å². The Labute approximate surface area is 202 Å². The molecule has 0 saturated carbocycles. The molecule has 0 aromatic heterocycles. The van der Waals surface area contributed by atoms with Crippen molar-refractivity contribution in [2.24, 2.45) is 0 Å². The minimum absolute atomic E-state index is 0.110. The van der Waals surface area contributed by atoms with Gasteiger partial charge in [-0.25, -0.2) is 0 Å². The maximum Gasteiger partial charge on any atom is 0.295 e. The molecule has 0 radical (unpaired) electrons. The number of ether oxygens (including phenoxy) is 2. The van der Waals surface area contributed by atoms with Gasteiger partial charge < -0.3 is 19.5 Å². The third-order valence-electron chi connectivity index (χ3n) is 5.97. The highest BCUT2D eigenvalue weighted by Gasteiger charge is 2.45. The first-order valence-corrected chi connectivity index (χ1v) is 12.2. The molecule has 0 bridgehead atoms. The van der Waals surface area contributed by atoms with Crippen LogP contribution in [-0.2, 0) is 9.59 Å². The number of amides is 1. The summed E-state index contributed by atoms with van der Waals surface area (Å²) in [4.78, 5) is 27.5. The minimum Gasteiger partial charge on any atom is -0.507 e. The summed E-state index contributed by atoms with van der Waals surface area (Å²) in [5, 5.41) is 11.2. The summed E-state index contributed by atoms with van der Waals surface area (Å²) in [6.45, 7) is 9.50. The van der Waals surface area contributed by atoms with Crippen LogP contribution in [0.4, 0.5) is 0 Å². The van der Waals surface area contributed by atoms with Crippen molar-refractivity contribution in [2.45, 2.75) is 59.4 Å². The zero-order chi connectivity index (χ0) is 24.7. The Morgan fingerprint density at radius 2 is 1.71 bits per heavy atom. The topological polar surface area (TPSA) is 76.1 Å². The smallest absolute Gasteiger partial charge is 0.295 e.